The summed E-state index contributed by atoms with van der Waals surface area (Å²) >= 11 is 0. The third kappa shape index (κ3) is 155. The van der Waals surface area contributed by atoms with Gasteiger partial charge < -0.3 is 46.5 Å². The first-order valence-electron chi connectivity index (χ1n) is 1.57. The van der Waals surface area contributed by atoms with Crippen molar-refractivity contribution >= 4 is 242 Å². The van der Waals surface area contributed by atoms with E-state index in [4.69, 9.17) is 38.5 Å². The zero-order chi connectivity index (χ0) is 9.00. The molecule has 0 heterocycles. The molecule has 16 heavy (non-hydrogen) atoms. The van der Waals surface area contributed by atoms with Gasteiger partial charge in [-0.3, -0.25) is 0 Å². The number of rotatable bonds is 0. The molecule has 0 amide bonds. The molecule has 0 rings (SSSR count). The molecule has 0 aromatic carbocycles. The van der Waals surface area contributed by atoms with Crippen molar-refractivity contribution in [2.45, 2.75) is 0 Å². The van der Waals surface area contributed by atoms with E-state index in [1.54, 1.807) is 0 Å². The van der Waals surface area contributed by atoms with Gasteiger partial charge in [-0.15, -0.1) is 0 Å². The van der Waals surface area contributed by atoms with Crippen LogP contribution in [0.3, 0.4) is 0 Å². The molecule has 88 valence electrons. The molecular formula is H18Ca6O8P2. The Morgan fingerprint density at radius 3 is 0.500 bits per heavy atom. The topological polar surface area (TPSA) is 156 Å². The van der Waals surface area contributed by atoms with E-state index >= 15 is 0 Å². The molecule has 0 aliphatic carbocycles. The third-order valence-corrected chi connectivity index (χ3v) is 0. The van der Waals surface area contributed by atoms with Crippen molar-refractivity contribution < 1.29 is 55.6 Å². The molecule has 0 saturated heterocycles. The summed E-state index contributed by atoms with van der Waals surface area (Å²) in [5, 5.41) is 0. The summed E-state index contributed by atoms with van der Waals surface area (Å²) in [4.78, 5) is 43.1. The molecule has 0 aliphatic heterocycles. The molecule has 0 fully saturated rings. The van der Waals surface area contributed by atoms with E-state index in [2.05, 4.69) is 0 Å². The molecule has 16 heteroatoms. The molecule has 0 saturated carbocycles. The van der Waals surface area contributed by atoms with Gasteiger partial charge in [0.15, 0.2) is 0 Å². The zero-order valence-corrected chi connectivity index (χ0v) is 23.7. The summed E-state index contributed by atoms with van der Waals surface area (Å²) in [6.07, 6.45) is 0. The average molecular weight is 449 g/mol. The van der Waals surface area contributed by atoms with Crippen LogP contribution in [-0.4, -0.2) is 256 Å². The largest absolute Gasteiger partial charge is 2.00 e. The Morgan fingerprint density at radius 2 is 0.500 bits per heavy atom. The van der Waals surface area contributed by atoms with Crippen LogP contribution in [0.15, 0.2) is 0 Å². The summed E-state index contributed by atoms with van der Waals surface area (Å²) in [7, 11) is -9.28. The Balaban J connectivity index is -0.00000000155. The molecule has 8 nitrogen and oxygen atoms in total. The van der Waals surface area contributed by atoms with Crippen molar-refractivity contribution in [3.63, 3.8) is 0 Å². The standard InChI is InChI=1S/6Ca.2H3O4P.12H/c;;;;;;2*1-5(2,3)4;;;;;;;;;;;;/h;;;;;;2*(H3,1,2,3,4);;;;;;;;;;;;/q6*+2;;;12*-1. The van der Waals surface area contributed by atoms with Crippen LogP contribution in [0.5, 0.6) is 0 Å². The van der Waals surface area contributed by atoms with Crippen LogP contribution in [0.1, 0.15) is 17.1 Å². The van der Waals surface area contributed by atoms with Gasteiger partial charge in [0.05, 0.1) is 0 Å². The van der Waals surface area contributed by atoms with Crippen molar-refractivity contribution in [2.75, 3.05) is 0 Å². The molecule has 0 spiro atoms. The molecule has 0 bridgehead atoms. The summed E-state index contributed by atoms with van der Waals surface area (Å²) in [6.45, 7) is 0. The molecule has 0 atom stereocenters. The molecule has 0 aromatic rings. The van der Waals surface area contributed by atoms with Crippen LogP contribution in [0, 0.1) is 0 Å². The van der Waals surface area contributed by atoms with Gasteiger partial charge >= 0.3 is 242 Å². The summed E-state index contributed by atoms with van der Waals surface area (Å²) < 4.78 is 17.8. The van der Waals surface area contributed by atoms with E-state index in [1.807, 2.05) is 0 Å². The van der Waals surface area contributed by atoms with Gasteiger partial charge in [-0.1, -0.05) is 0 Å². The number of hydrogen-bond donors (Lipinski definition) is 6. The van der Waals surface area contributed by atoms with Crippen molar-refractivity contribution in [1.29, 1.82) is 0 Å². The summed E-state index contributed by atoms with van der Waals surface area (Å²) in [5.41, 5.74) is 0. The van der Waals surface area contributed by atoms with Crippen LogP contribution < -0.4 is 0 Å². The molecule has 6 N–H and O–H groups in total. The Hall–Kier alpha value is 7.78. The normalized spacial score (nSPS) is 7.38. The fourth-order valence-electron chi connectivity index (χ4n) is 0. The van der Waals surface area contributed by atoms with E-state index in [9.17, 15) is 0 Å². The quantitative estimate of drug-likeness (QED) is 0.172. The van der Waals surface area contributed by atoms with E-state index in [1.165, 1.54) is 0 Å². The maximum absolute atomic E-state index is 8.88. The van der Waals surface area contributed by atoms with Gasteiger partial charge in [-0.25, -0.2) is 9.13 Å². The molecule has 0 aromatic heterocycles. The zero-order valence-electron chi connectivity index (χ0n) is 20.6. The van der Waals surface area contributed by atoms with Gasteiger partial charge in [0.1, 0.15) is 0 Å². The van der Waals surface area contributed by atoms with E-state index in [-0.39, 0.29) is 244 Å². The maximum Gasteiger partial charge on any atom is 2.00 e. The minimum atomic E-state index is -4.64. The predicted octanol–water partition coefficient (Wildman–Crippen LogP) is -2.79. The van der Waals surface area contributed by atoms with Crippen LogP contribution >= 0.6 is 15.6 Å². The second-order valence-electron chi connectivity index (χ2n) is 1.03. The van der Waals surface area contributed by atoms with Gasteiger partial charge in [0.2, 0.25) is 0 Å². The van der Waals surface area contributed by atoms with Crippen LogP contribution in [0.2, 0.25) is 0 Å². The SMILES string of the molecule is O=P(O)(O)O.O=P(O)(O)O.[Ca+2].[Ca+2].[Ca+2].[Ca+2].[Ca+2].[Ca+2].[H-].[H-].[H-].[H-].[H-].[H-].[H-].[H-].[H-].[H-].[H-].[H-]. The predicted molar refractivity (Wildman–Crippen MR) is 76.4 cm³/mol. The molecular weight excluding hydrogens is 430 g/mol. The van der Waals surface area contributed by atoms with E-state index in [0.29, 0.717) is 0 Å². The van der Waals surface area contributed by atoms with Crippen LogP contribution in [0.25, 0.3) is 0 Å². The van der Waals surface area contributed by atoms with Gasteiger partial charge in [0, 0.05) is 0 Å². The molecule has 0 aliphatic rings. The van der Waals surface area contributed by atoms with Crippen LogP contribution in [-0.2, 0) is 9.13 Å². The maximum atomic E-state index is 8.88. The van der Waals surface area contributed by atoms with Crippen molar-refractivity contribution in [3.8, 4) is 0 Å². The summed E-state index contributed by atoms with van der Waals surface area (Å²) in [5.74, 6) is 0. The Bertz CT molecular complexity index is 162. The minimum Gasteiger partial charge on any atom is -1.00 e. The van der Waals surface area contributed by atoms with E-state index in [0.717, 1.165) is 0 Å². The fourth-order valence-corrected chi connectivity index (χ4v) is 0. The summed E-state index contributed by atoms with van der Waals surface area (Å²) in [6, 6.07) is 0. The number of phosphoric acid groups is 2. The van der Waals surface area contributed by atoms with Gasteiger partial charge in [0.25, 0.3) is 0 Å². The first-order chi connectivity index (χ1) is 4.00. The smallest absolute Gasteiger partial charge is 1.00 e. The molecule has 0 radical (unpaired) electrons. The second kappa shape index (κ2) is 27.6. The minimum absolute atomic E-state index is 0. The Labute approximate surface area is 290 Å². The average Bonchev–Trinajstić information content (AvgIpc) is 1.12. The third-order valence-electron chi connectivity index (χ3n) is 0. The van der Waals surface area contributed by atoms with Crippen molar-refractivity contribution in [2.24, 2.45) is 0 Å². The van der Waals surface area contributed by atoms with Gasteiger partial charge in [-0.2, -0.15) is 0 Å². The second-order valence-corrected chi connectivity index (χ2v) is 3.08. The Morgan fingerprint density at radius 1 is 0.500 bits per heavy atom. The first kappa shape index (κ1) is 49.6. The van der Waals surface area contributed by atoms with Crippen molar-refractivity contribution in [1.82, 2.24) is 0 Å². The monoisotopic (exact) mass is 448 g/mol. The fraction of sp³-hybridized carbons (Fsp3) is 0. The van der Waals surface area contributed by atoms with Gasteiger partial charge in [-0.05, 0) is 0 Å². The molecule has 0 unspecified atom stereocenters. The number of hydrogen-bond acceptors (Lipinski definition) is 2. The van der Waals surface area contributed by atoms with Crippen LogP contribution in [0.4, 0.5) is 0 Å². The van der Waals surface area contributed by atoms with Crippen molar-refractivity contribution in [3.05, 3.63) is 0 Å². The first-order valence-corrected chi connectivity index (χ1v) is 4.70. The van der Waals surface area contributed by atoms with E-state index < -0.39 is 15.6 Å². The Kier molecular flexibility index (Phi) is 85.5.